The fraction of sp³-hybridized carbons (Fsp3) is 0. The van der Waals surface area contributed by atoms with E-state index >= 15 is 0 Å². The van der Waals surface area contributed by atoms with Gasteiger partial charge in [-0.05, 0) is 29.0 Å². The van der Waals surface area contributed by atoms with E-state index in [0.717, 1.165) is 0 Å². The first-order valence-corrected chi connectivity index (χ1v) is 5.98. The summed E-state index contributed by atoms with van der Waals surface area (Å²) in [5.74, 6) is 0. The van der Waals surface area contributed by atoms with Crippen molar-refractivity contribution in [3.05, 3.63) is 51.0 Å². The van der Waals surface area contributed by atoms with Gasteiger partial charge in [-0.3, -0.25) is 4.99 Å². The highest BCUT2D eigenvalue weighted by Gasteiger charge is 1.85. The number of nitrogens with zero attached hydrogens (tertiary/aromatic N) is 1. The van der Waals surface area contributed by atoms with Crippen molar-refractivity contribution in [3.8, 4) is 0 Å². The van der Waals surface area contributed by atoms with Crippen LogP contribution in [-0.4, -0.2) is 6.21 Å². The van der Waals surface area contributed by atoms with Crippen molar-refractivity contribution in [1.29, 1.82) is 0 Å². The SMILES string of the molecule is C(=Cc1cccs1)N=Cc1cccs1. The number of hydrogen-bond acceptors (Lipinski definition) is 3. The lowest BCUT2D eigenvalue weighted by Crippen LogP contribution is -1.67. The van der Waals surface area contributed by atoms with Gasteiger partial charge < -0.3 is 0 Å². The van der Waals surface area contributed by atoms with Crippen molar-refractivity contribution >= 4 is 35.0 Å². The third kappa shape index (κ3) is 2.65. The number of rotatable bonds is 3. The first kappa shape index (κ1) is 9.37. The highest BCUT2D eigenvalue weighted by molar-refractivity contribution is 7.11. The number of aliphatic imine (C=N–C) groups is 1. The van der Waals surface area contributed by atoms with Crippen molar-refractivity contribution in [2.75, 3.05) is 0 Å². The van der Waals surface area contributed by atoms with E-state index in [1.165, 1.54) is 9.75 Å². The molecule has 0 bridgehead atoms. The summed E-state index contributed by atoms with van der Waals surface area (Å²) in [5.41, 5.74) is 0. The first-order chi connectivity index (χ1) is 6.95. The van der Waals surface area contributed by atoms with Gasteiger partial charge in [0.1, 0.15) is 0 Å². The van der Waals surface area contributed by atoms with E-state index < -0.39 is 0 Å². The van der Waals surface area contributed by atoms with Gasteiger partial charge in [0, 0.05) is 22.2 Å². The molecule has 2 heterocycles. The molecule has 1 nitrogen and oxygen atoms in total. The van der Waals surface area contributed by atoms with Crippen molar-refractivity contribution in [2.24, 2.45) is 4.99 Å². The summed E-state index contributed by atoms with van der Waals surface area (Å²) < 4.78 is 0. The average molecular weight is 219 g/mol. The van der Waals surface area contributed by atoms with Gasteiger partial charge in [-0.2, -0.15) is 0 Å². The molecule has 70 valence electrons. The molecule has 0 saturated heterocycles. The van der Waals surface area contributed by atoms with Gasteiger partial charge in [-0.15, -0.1) is 22.7 Å². The fourth-order valence-electron chi connectivity index (χ4n) is 0.984. The molecular formula is C11H9NS2. The minimum atomic E-state index is 1.18. The largest absolute Gasteiger partial charge is 0.263 e. The van der Waals surface area contributed by atoms with Gasteiger partial charge in [0.25, 0.3) is 0 Å². The van der Waals surface area contributed by atoms with Crippen LogP contribution in [0.3, 0.4) is 0 Å². The monoisotopic (exact) mass is 219 g/mol. The molecular weight excluding hydrogens is 210 g/mol. The van der Waals surface area contributed by atoms with Gasteiger partial charge >= 0.3 is 0 Å². The van der Waals surface area contributed by atoms with Gasteiger partial charge in [0.05, 0.1) is 0 Å². The van der Waals surface area contributed by atoms with Crippen LogP contribution in [-0.2, 0) is 0 Å². The molecule has 14 heavy (non-hydrogen) atoms. The summed E-state index contributed by atoms with van der Waals surface area (Å²) in [6.45, 7) is 0. The van der Waals surface area contributed by atoms with E-state index in [1.807, 2.05) is 42.1 Å². The van der Waals surface area contributed by atoms with E-state index in [2.05, 4.69) is 16.4 Å². The molecule has 2 aromatic rings. The molecule has 0 N–H and O–H groups in total. The summed E-state index contributed by atoms with van der Waals surface area (Å²) in [4.78, 5) is 6.61. The second-order valence-corrected chi connectivity index (χ2v) is 4.58. The maximum atomic E-state index is 4.20. The molecule has 0 aliphatic rings. The predicted octanol–water partition coefficient (Wildman–Crippen LogP) is 3.90. The maximum absolute atomic E-state index is 4.20. The van der Waals surface area contributed by atoms with Crippen molar-refractivity contribution < 1.29 is 0 Å². The third-order valence-electron chi connectivity index (χ3n) is 1.61. The Morgan fingerprint density at radius 2 is 1.71 bits per heavy atom. The molecule has 0 aromatic carbocycles. The molecule has 0 aliphatic heterocycles. The van der Waals surface area contributed by atoms with E-state index in [4.69, 9.17) is 0 Å². The summed E-state index contributed by atoms with van der Waals surface area (Å²) in [5, 5.41) is 4.10. The maximum Gasteiger partial charge on any atom is 0.0453 e. The Labute approximate surface area is 91.1 Å². The number of thiophene rings is 2. The summed E-state index contributed by atoms with van der Waals surface area (Å²) in [6.07, 6.45) is 5.70. The predicted molar refractivity (Wildman–Crippen MR) is 65.3 cm³/mol. The quantitative estimate of drug-likeness (QED) is 0.694. The van der Waals surface area contributed by atoms with Crippen LogP contribution >= 0.6 is 22.7 Å². The van der Waals surface area contributed by atoms with Crippen molar-refractivity contribution in [2.45, 2.75) is 0 Å². The summed E-state index contributed by atoms with van der Waals surface area (Å²) in [7, 11) is 0. The van der Waals surface area contributed by atoms with E-state index in [0.29, 0.717) is 0 Å². The molecule has 0 unspecified atom stereocenters. The summed E-state index contributed by atoms with van der Waals surface area (Å²) >= 11 is 3.40. The molecule has 0 atom stereocenters. The first-order valence-electron chi connectivity index (χ1n) is 4.22. The van der Waals surface area contributed by atoms with E-state index in [-0.39, 0.29) is 0 Å². The van der Waals surface area contributed by atoms with Gasteiger partial charge in [0.15, 0.2) is 0 Å². The van der Waals surface area contributed by atoms with Crippen molar-refractivity contribution in [1.82, 2.24) is 0 Å². The zero-order chi connectivity index (χ0) is 9.64. The van der Waals surface area contributed by atoms with Crippen LogP contribution in [0, 0.1) is 0 Å². The van der Waals surface area contributed by atoms with Crippen LogP contribution in [0.2, 0.25) is 0 Å². The Bertz CT molecular complexity index is 368. The highest BCUT2D eigenvalue weighted by atomic mass is 32.1. The molecule has 2 rings (SSSR count). The normalized spacial score (nSPS) is 11.7. The molecule has 3 heteroatoms. The fourth-order valence-corrected chi connectivity index (χ4v) is 2.19. The van der Waals surface area contributed by atoms with Crippen molar-refractivity contribution in [3.63, 3.8) is 0 Å². The zero-order valence-corrected chi connectivity index (χ0v) is 9.09. The smallest absolute Gasteiger partial charge is 0.0453 e. The molecule has 0 amide bonds. The number of hydrogen-bond donors (Lipinski definition) is 0. The standard InChI is InChI=1S/C11H9NS2/c1-3-10(13-7-1)5-6-12-9-11-4-2-8-14-11/h1-9H. The molecule has 2 aromatic heterocycles. The Morgan fingerprint density at radius 1 is 1.00 bits per heavy atom. The molecule has 0 saturated carbocycles. The van der Waals surface area contributed by atoms with Gasteiger partial charge in [0.2, 0.25) is 0 Å². The van der Waals surface area contributed by atoms with Crippen LogP contribution < -0.4 is 0 Å². The lowest BCUT2D eigenvalue weighted by molar-refractivity contribution is 1.62. The van der Waals surface area contributed by atoms with Gasteiger partial charge in [-0.25, -0.2) is 0 Å². The second kappa shape index (κ2) is 4.88. The Balaban J connectivity index is 1.94. The lowest BCUT2D eigenvalue weighted by Gasteiger charge is -1.81. The van der Waals surface area contributed by atoms with Crippen LogP contribution in [0.15, 0.2) is 46.2 Å². The lowest BCUT2D eigenvalue weighted by atomic mass is 10.4. The Morgan fingerprint density at radius 3 is 2.36 bits per heavy atom. The Kier molecular flexibility index (Phi) is 3.27. The van der Waals surface area contributed by atoms with Gasteiger partial charge in [-0.1, -0.05) is 12.1 Å². The second-order valence-electron chi connectivity index (χ2n) is 2.62. The van der Waals surface area contributed by atoms with E-state index in [1.54, 1.807) is 22.7 Å². The Hall–Kier alpha value is -1.19. The summed E-state index contributed by atoms with van der Waals surface area (Å²) in [6, 6.07) is 8.18. The molecule has 0 fully saturated rings. The van der Waals surface area contributed by atoms with Crippen LogP contribution in [0.1, 0.15) is 9.75 Å². The minimum absolute atomic E-state index is 1.18. The average Bonchev–Trinajstić information content (AvgIpc) is 2.86. The van der Waals surface area contributed by atoms with Crippen LogP contribution in [0.4, 0.5) is 0 Å². The minimum Gasteiger partial charge on any atom is -0.263 e. The van der Waals surface area contributed by atoms with Crippen LogP contribution in [0.5, 0.6) is 0 Å². The van der Waals surface area contributed by atoms with Crippen LogP contribution in [0.25, 0.3) is 6.08 Å². The molecule has 0 aliphatic carbocycles. The third-order valence-corrected chi connectivity index (χ3v) is 3.26. The van der Waals surface area contributed by atoms with E-state index in [9.17, 15) is 0 Å². The zero-order valence-electron chi connectivity index (χ0n) is 7.46. The topological polar surface area (TPSA) is 12.4 Å². The molecule has 0 spiro atoms. The highest BCUT2D eigenvalue weighted by Crippen LogP contribution is 2.10. The molecule has 0 radical (unpaired) electrons.